The molecule has 0 amide bonds. The first-order valence-corrected chi connectivity index (χ1v) is 10.5. The van der Waals surface area contributed by atoms with Crippen LogP contribution in [0, 0.1) is 5.82 Å². The second-order valence-electron chi connectivity index (χ2n) is 6.96. The molecule has 0 saturated heterocycles. The third-order valence-electron chi connectivity index (χ3n) is 4.58. The molecule has 0 spiro atoms. The van der Waals surface area contributed by atoms with Crippen molar-refractivity contribution in [2.24, 2.45) is 5.16 Å². The van der Waals surface area contributed by atoms with E-state index in [9.17, 15) is 14.3 Å². The maximum absolute atomic E-state index is 13.2. The van der Waals surface area contributed by atoms with Crippen molar-refractivity contribution < 1.29 is 33.1 Å². The fraction of sp³-hybridized carbons (Fsp3) is 0.292. The largest absolute Gasteiger partial charge is 0.487 e. The number of hydrogen-bond donors (Lipinski definition) is 1. The second-order valence-corrected chi connectivity index (χ2v) is 6.96. The molecule has 1 unspecified atom stereocenters. The number of halogens is 1. The Morgan fingerprint density at radius 3 is 2.64 bits per heavy atom. The average molecular weight is 456 g/mol. The third-order valence-corrected chi connectivity index (χ3v) is 4.58. The first-order valence-electron chi connectivity index (χ1n) is 10.5. The van der Waals surface area contributed by atoms with Gasteiger partial charge in [-0.05, 0) is 55.8 Å². The summed E-state index contributed by atoms with van der Waals surface area (Å²) in [6, 6.07) is 14.6. The molecule has 3 aromatic rings. The number of benzene rings is 2. The summed E-state index contributed by atoms with van der Waals surface area (Å²) >= 11 is 0. The van der Waals surface area contributed by atoms with Gasteiger partial charge in [0.25, 0.3) is 0 Å². The lowest BCUT2D eigenvalue weighted by molar-refractivity contribution is -0.149. The minimum Gasteiger partial charge on any atom is -0.487 e. The van der Waals surface area contributed by atoms with Crippen molar-refractivity contribution in [3.05, 3.63) is 71.7 Å². The molecule has 9 heteroatoms. The van der Waals surface area contributed by atoms with Gasteiger partial charge in [0.15, 0.2) is 17.6 Å². The highest BCUT2D eigenvalue weighted by Gasteiger charge is 2.19. The van der Waals surface area contributed by atoms with Crippen molar-refractivity contribution in [2.75, 3.05) is 19.8 Å². The van der Waals surface area contributed by atoms with Gasteiger partial charge in [0.1, 0.15) is 30.5 Å². The highest BCUT2D eigenvalue weighted by atomic mass is 19.1. The van der Waals surface area contributed by atoms with Gasteiger partial charge in [-0.1, -0.05) is 22.4 Å². The van der Waals surface area contributed by atoms with Crippen LogP contribution < -0.4 is 4.74 Å². The fourth-order valence-corrected chi connectivity index (χ4v) is 3.00. The Balaban J connectivity index is 1.72. The van der Waals surface area contributed by atoms with Crippen LogP contribution in [-0.4, -0.2) is 47.9 Å². The maximum atomic E-state index is 13.2. The number of ether oxygens (including phenoxy) is 2. The lowest BCUT2D eigenvalue weighted by atomic mass is 10.1. The van der Waals surface area contributed by atoms with Crippen LogP contribution in [0.15, 0.2) is 64.3 Å². The smallest absolute Gasteiger partial charge is 0.333 e. The number of carboxylic acids is 1. The molecule has 0 bridgehead atoms. The van der Waals surface area contributed by atoms with Gasteiger partial charge in [-0.2, -0.15) is 0 Å². The Morgan fingerprint density at radius 2 is 1.94 bits per heavy atom. The Hall–Kier alpha value is -3.72. The van der Waals surface area contributed by atoms with Gasteiger partial charge >= 0.3 is 5.97 Å². The molecule has 1 N–H and O–H groups in total. The number of carbonyl (C=O) groups is 1. The van der Waals surface area contributed by atoms with E-state index in [-0.39, 0.29) is 18.8 Å². The van der Waals surface area contributed by atoms with E-state index in [0.717, 1.165) is 5.56 Å². The van der Waals surface area contributed by atoms with Gasteiger partial charge in [0.05, 0.1) is 0 Å². The van der Waals surface area contributed by atoms with Gasteiger partial charge in [-0.15, -0.1) is 0 Å². The van der Waals surface area contributed by atoms with Crippen LogP contribution in [-0.2, 0) is 20.8 Å². The van der Waals surface area contributed by atoms with E-state index in [4.69, 9.17) is 18.8 Å². The molecule has 3 rings (SSSR count). The van der Waals surface area contributed by atoms with Gasteiger partial charge < -0.3 is 23.9 Å². The van der Waals surface area contributed by atoms with Gasteiger partial charge in [-0.3, -0.25) is 0 Å². The van der Waals surface area contributed by atoms with Crippen molar-refractivity contribution in [1.82, 2.24) is 5.16 Å². The summed E-state index contributed by atoms with van der Waals surface area (Å²) in [7, 11) is 0. The summed E-state index contributed by atoms with van der Waals surface area (Å²) in [5.41, 5.74) is 2.35. The predicted octanol–water partition coefficient (Wildman–Crippen LogP) is 4.33. The Morgan fingerprint density at radius 1 is 1.15 bits per heavy atom. The summed E-state index contributed by atoms with van der Waals surface area (Å²) in [5, 5.41) is 17.4. The van der Waals surface area contributed by atoms with Crippen molar-refractivity contribution in [2.45, 2.75) is 26.4 Å². The molecule has 0 aliphatic rings. The van der Waals surface area contributed by atoms with E-state index in [0.29, 0.717) is 41.7 Å². The van der Waals surface area contributed by atoms with E-state index in [1.807, 2.05) is 6.07 Å². The lowest BCUT2D eigenvalue weighted by Crippen LogP contribution is -2.26. The van der Waals surface area contributed by atoms with Crippen molar-refractivity contribution in [1.29, 1.82) is 0 Å². The summed E-state index contributed by atoms with van der Waals surface area (Å²) in [6.07, 6.45) is -0.719. The Kier molecular flexibility index (Phi) is 8.54. The number of rotatable bonds is 12. The van der Waals surface area contributed by atoms with Crippen LogP contribution in [0.4, 0.5) is 4.39 Å². The maximum Gasteiger partial charge on any atom is 0.333 e. The first-order chi connectivity index (χ1) is 16.0. The average Bonchev–Trinajstić information content (AvgIpc) is 3.29. The molecule has 8 nitrogen and oxygen atoms in total. The van der Waals surface area contributed by atoms with E-state index >= 15 is 0 Å². The number of aliphatic carboxylic acids is 1. The minimum atomic E-state index is -1.02. The molecule has 33 heavy (non-hydrogen) atoms. The summed E-state index contributed by atoms with van der Waals surface area (Å²) < 4.78 is 29.7. The minimum absolute atomic E-state index is 0.0231. The number of hydrogen-bond acceptors (Lipinski definition) is 7. The molecule has 174 valence electrons. The van der Waals surface area contributed by atoms with Crippen LogP contribution in [0.2, 0.25) is 0 Å². The Bertz CT molecular complexity index is 1080. The third kappa shape index (κ3) is 6.88. The van der Waals surface area contributed by atoms with Crippen molar-refractivity contribution >= 4 is 11.7 Å². The number of oxime groups is 1. The molecular formula is C24H25FN2O6. The van der Waals surface area contributed by atoms with E-state index in [2.05, 4.69) is 10.3 Å². The molecule has 0 aliphatic heterocycles. The van der Waals surface area contributed by atoms with Crippen LogP contribution in [0.5, 0.6) is 5.75 Å². The highest BCUT2D eigenvalue weighted by Crippen LogP contribution is 2.21. The van der Waals surface area contributed by atoms with E-state index in [1.54, 1.807) is 50.2 Å². The van der Waals surface area contributed by atoms with Gasteiger partial charge in [-0.25, -0.2) is 9.18 Å². The lowest BCUT2D eigenvalue weighted by Gasteiger charge is -2.13. The summed E-state index contributed by atoms with van der Waals surface area (Å²) in [5.74, 6) is -0.485. The quantitative estimate of drug-likeness (QED) is 0.320. The topological polar surface area (TPSA) is 103 Å². The van der Waals surface area contributed by atoms with Gasteiger partial charge in [0, 0.05) is 24.7 Å². The molecule has 1 atom stereocenters. The van der Waals surface area contributed by atoms with Crippen LogP contribution in [0.3, 0.4) is 0 Å². The van der Waals surface area contributed by atoms with Crippen LogP contribution in [0.1, 0.15) is 25.2 Å². The second kappa shape index (κ2) is 11.8. The van der Waals surface area contributed by atoms with Crippen molar-refractivity contribution in [3.63, 3.8) is 0 Å². The van der Waals surface area contributed by atoms with Crippen LogP contribution in [0.25, 0.3) is 11.3 Å². The summed E-state index contributed by atoms with van der Waals surface area (Å²) in [6.45, 7) is 4.23. The van der Waals surface area contributed by atoms with E-state index in [1.165, 1.54) is 12.1 Å². The van der Waals surface area contributed by atoms with Crippen molar-refractivity contribution in [3.8, 4) is 17.0 Å². The van der Waals surface area contributed by atoms with Crippen LogP contribution >= 0.6 is 0 Å². The normalized spacial score (nSPS) is 12.4. The number of carboxylic acid groups (broad SMARTS) is 1. The zero-order valence-electron chi connectivity index (χ0n) is 18.4. The number of nitrogens with zero attached hydrogens (tertiary/aromatic N) is 2. The summed E-state index contributed by atoms with van der Waals surface area (Å²) in [4.78, 5) is 16.5. The molecule has 1 aromatic heterocycles. The molecular weight excluding hydrogens is 431 g/mol. The molecule has 2 aromatic carbocycles. The molecule has 0 radical (unpaired) electrons. The first kappa shape index (κ1) is 23.9. The van der Waals surface area contributed by atoms with Gasteiger partial charge in [0.2, 0.25) is 0 Å². The standard InChI is InChI=1S/C24H25FN2O6/c1-3-30-23(24(28)29)13-16-6-5-7-19(12-16)31-15-21(26-32-4-2)22-14-20(27-33-22)17-8-10-18(25)11-9-17/h5-12,14,23H,3-4,13,15H2,1-2H3,(H,28,29)/b26-21-. The molecule has 0 saturated carbocycles. The fourth-order valence-electron chi connectivity index (χ4n) is 3.00. The molecule has 0 fully saturated rings. The highest BCUT2D eigenvalue weighted by molar-refractivity contribution is 5.99. The predicted molar refractivity (Wildman–Crippen MR) is 119 cm³/mol. The number of aromatic nitrogens is 1. The SMILES string of the molecule is CCO/N=C(/COc1cccc(CC(OCC)C(=O)O)c1)c1cc(-c2ccc(F)cc2)no1. The zero-order valence-corrected chi connectivity index (χ0v) is 18.4. The monoisotopic (exact) mass is 456 g/mol. The zero-order chi connectivity index (χ0) is 23.6. The van der Waals surface area contributed by atoms with E-state index < -0.39 is 12.1 Å². The molecule has 1 heterocycles. The Labute approximate surface area is 190 Å². The molecule has 0 aliphatic carbocycles.